The van der Waals surface area contributed by atoms with Crippen molar-refractivity contribution >= 4 is 28.6 Å². The lowest BCUT2D eigenvalue weighted by Crippen LogP contribution is -2.16. The molecule has 24 heavy (non-hydrogen) atoms. The summed E-state index contributed by atoms with van der Waals surface area (Å²) in [6.07, 6.45) is 4.58. The average molecular weight is 344 g/mol. The van der Waals surface area contributed by atoms with E-state index in [2.05, 4.69) is 44.6 Å². The third-order valence-corrected chi connectivity index (χ3v) is 4.68. The minimum absolute atomic E-state index is 0.250. The molecule has 0 radical (unpaired) electrons. The predicted octanol–water partition coefficient (Wildman–Crippen LogP) is 2.72. The number of aromatic amines is 1. The van der Waals surface area contributed by atoms with E-state index in [0.717, 1.165) is 36.6 Å². The number of benzene rings is 1. The van der Waals surface area contributed by atoms with E-state index in [0.29, 0.717) is 0 Å². The van der Waals surface area contributed by atoms with E-state index >= 15 is 0 Å². The number of nitrogens with zero attached hydrogens (tertiary/aromatic N) is 1. The molecular weight excluding hydrogens is 320 g/mol. The van der Waals surface area contributed by atoms with Crippen molar-refractivity contribution in [1.29, 1.82) is 0 Å². The van der Waals surface area contributed by atoms with Gasteiger partial charge in [0, 0.05) is 22.8 Å². The maximum absolute atomic E-state index is 8.58. The molecule has 1 aliphatic rings. The second kappa shape index (κ2) is 9.20. The average Bonchev–Trinajstić information content (AvgIpc) is 3.11. The molecule has 0 saturated carbocycles. The molecule has 4 rings (SSSR count). The molecule has 2 aromatic heterocycles. The number of aromatic nitrogens is 2. The number of carbonyl (C=O) groups is 1. The summed E-state index contributed by atoms with van der Waals surface area (Å²) in [7, 11) is 0. The highest BCUT2D eigenvalue weighted by atomic mass is 32.1. The van der Waals surface area contributed by atoms with E-state index in [1.165, 1.54) is 22.0 Å². The van der Waals surface area contributed by atoms with Crippen LogP contribution in [0.15, 0.2) is 29.8 Å². The highest BCUT2D eigenvalue weighted by molar-refractivity contribution is 7.09. The molecule has 128 valence electrons. The topological polar surface area (TPSA) is 83.8 Å². The van der Waals surface area contributed by atoms with E-state index in [9.17, 15) is 0 Å². The zero-order valence-corrected chi connectivity index (χ0v) is 15.0. The molecule has 0 bridgehead atoms. The number of nitrogens with one attached hydrogen (secondary N) is 2. The first-order valence-corrected chi connectivity index (χ1v) is 8.86. The summed E-state index contributed by atoms with van der Waals surface area (Å²) in [6, 6.07) is 6.64. The Kier molecular flexibility index (Phi) is 6.96. The zero-order valence-electron chi connectivity index (χ0n) is 14.1. The Balaban J connectivity index is 0.000000176. The highest BCUT2D eigenvalue weighted by Crippen LogP contribution is 2.23. The summed E-state index contributed by atoms with van der Waals surface area (Å²) < 4.78 is 0. The predicted molar refractivity (Wildman–Crippen MR) is 100 cm³/mol. The minimum atomic E-state index is 0.250. The van der Waals surface area contributed by atoms with Crippen molar-refractivity contribution in [1.82, 2.24) is 15.3 Å². The minimum Gasteiger partial charge on any atom is -0.372 e. The lowest BCUT2D eigenvalue weighted by atomic mass is 10.0. The Hall–Kier alpha value is -2.18. The number of nitrogens with two attached hydrogens (primary N) is 1. The van der Waals surface area contributed by atoms with Crippen molar-refractivity contribution < 1.29 is 4.79 Å². The molecule has 0 saturated heterocycles. The number of carbonyl (C=O) groups excluding carboxylic acids is 1. The van der Waals surface area contributed by atoms with E-state index in [-0.39, 0.29) is 6.41 Å². The molecule has 4 N–H and O–H groups in total. The molecule has 6 heteroatoms. The summed E-state index contributed by atoms with van der Waals surface area (Å²) in [4.78, 5) is 16.1. The number of H-pyrrole nitrogens is 1. The van der Waals surface area contributed by atoms with Gasteiger partial charge in [-0.05, 0) is 62.4 Å². The van der Waals surface area contributed by atoms with Crippen molar-refractivity contribution in [2.24, 2.45) is 5.73 Å². The van der Waals surface area contributed by atoms with Gasteiger partial charge in [0.2, 0.25) is 6.41 Å². The Morgan fingerprint density at radius 2 is 1.96 bits per heavy atom. The van der Waals surface area contributed by atoms with Gasteiger partial charge in [0.1, 0.15) is 0 Å². The lowest BCUT2D eigenvalue weighted by Gasteiger charge is -2.05. The van der Waals surface area contributed by atoms with Gasteiger partial charge < -0.3 is 16.0 Å². The number of primary amides is 1. The second-order valence-corrected chi connectivity index (χ2v) is 6.60. The van der Waals surface area contributed by atoms with Crippen LogP contribution in [0.2, 0.25) is 0 Å². The number of amides is 1. The van der Waals surface area contributed by atoms with Crippen LogP contribution in [0.3, 0.4) is 0 Å². The monoisotopic (exact) mass is 344 g/mol. The third kappa shape index (κ3) is 4.91. The van der Waals surface area contributed by atoms with Crippen LogP contribution in [0.1, 0.15) is 21.8 Å². The molecule has 5 nitrogen and oxygen atoms in total. The van der Waals surface area contributed by atoms with E-state index in [4.69, 9.17) is 4.79 Å². The summed E-state index contributed by atoms with van der Waals surface area (Å²) in [5.41, 5.74) is 9.65. The zero-order chi connectivity index (χ0) is 17.4. The van der Waals surface area contributed by atoms with Gasteiger partial charge in [-0.1, -0.05) is 12.1 Å². The molecule has 0 aliphatic carbocycles. The van der Waals surface area contributed by atoms with Crippen LogP contribution in [0.25, 0.3) is 10.9 Å². The Bertz CT molecular complexity index is 762. The molecule has 1 aromatic carbocycles. The van der Waals surface area contributed by atoms with Gasteiger partial charge in [0.25, 0.3) is 0 Å². The van der Waals surface area contributed by atoms with Gasteiger partial charge in [-0.2, -0.15) is 0 Å². The van der Waals surface area contributed by atoms with Crippen molar-refractivity contribution in [2.45, 2.75) is 26.7 Å². The smallest absolute Gasteiger partial charge is 0.204 e. The maximum atomic E-state index is 8.58. The Morgan fingerprint density at radius 1 is 1.21 bits per heavy atom. The number of thiazole rings is 1. The van der Waals surface area contributed by atoms with Gasteiger partial charge in [0.05, 0.1) is 5.01 Å². The largest absolute Gasteiger partial charge is 0.372 e. The number of fused-ring (bicyclic) bond motifs is 3. The van der Waals surface area contributed by atoms with Crippen molar-refractivity contribution in [2.75, 3.05) is 13.1 Å². The number of hydrogen-bond donors (Lipinski definition) is 3. The summed E-state index contributed by atoms with van der Waals surface area (Å²) >= 11 is 1.69. The molecule has 3 heterocycles. The second-order valence-electron chi connectivity index (χ2n) is 5.54. The SMILES string of the molecule is Cc1csc(C)n1.NC=O.c1cc2ccc3c(c2[nH]1)CCNCC3. The molecule has 1 aliphatic heterocycles. The van der Waals surface area contributed by atoms with Gasteiger partial charge in [-0.25, -0.2) is 4.98 Å². The number of rotatable bonds is 0. The van der Waals surface area contributed by atoms with Crippen LogP contribution in [0, 0.1) is 13.8 Å². The van der Waals surface area contributed by atoms with Gasteiger partial charge in [0.15, 0.2) is 0 Å². The van der Waals surface area contributed by atoms with Crippen LogP contribution < -0.4 is 11.1 Å². The van der Waals surface area contributed by atoms with E-state index < -0.39 is 0 Å². The van der Waals surface area contributed by atoms with Crippen molar-refractivity contribution in [3.05, 3.63) is 51.6 Å². The normalized spacial score (nSPS) is 12.9. The molecule has 3 aromatic rings. The van der Waals surface area contributed by atoms with Gasteiger partial charge in [-0.3, -0.25) is 4.79 Å². The van der Waals surface area contributed by atoms with Crippen molar-refractivity contribution in [3.8, 4) is 0 Å². The Morgan fingerprint density at radius 3 is 2.58 bits per heavy atom. The van der Waals surface area contributed by atoms with Gasteiger partial charge >= 0.3 is 0 Å². The van der Waals surface area contributed by atoms with E-state index in [1.54, 1.807) is 11.3 Å². The highest BCUT2D eigenvalue weighted by Gasteiger charge is 2.10. The van der Waals surface area contributed by atoms with Gasteiger partial charge in [-0.15, -0.1) is 11.3 Å². The first-order chi connectivity index (χ1) is 11.7. The first-order valence-electron chi connectivity index (χ1n) is 7.98. The number of aryl methyl sites for hydroxylation is 2. The van der Waals surface area contributed by atoms with Crippen LogP contribution in [-0.2, 0) is 17.6 Å². The molecule has 1 amide bonds. The maximum Gasteiger partial charge on any atom is 0.204 e. The fraction of sp³-hybridized carbons (Fsp3) is 0.333. The summed E-state index contributed by atoms with van der Waals surface area (Å²) in [6.45, 7) is 6.23. The first kappa shape index (κ1) is 18.2. The fourth-order valence-electron chi connectivity index (χ4n) is 2.79. The van der Waals surface area contributed by atoms with Crippen LogP contribution >= 0.6 is 11.3 Å². The quantitative estimate of drug-likeness (QED) is 0.548. The molecule has 0 unspecified atom stereocenters. The van der Waals surface area contributed by atoms with E-state index in [1.807, 2.05) is 20.0 Å². The summed E-state index contributed by atoms with van der Waals surface area (Å²) in [5, 5.41) is 7.98. The molecule has 0 atom stereocenters. The van der Waals surface area contributed by atoms with Crippen LogP contribution in [-0.4, -0.2) is 29.5 Å². The molecule has 0 fully saturated rings. The summed E-state index contributed by atoms with van der Waals surface area (Å²) in [5.74, 6) is 0. The standard InChI is InChI=1S/C12H14N2.C5H7NS.CH3NO/c1-2-10-4-8-14-12(10)11-5-7-13-6-3-9(1)11;1-4-3-7-5(2)6-4;2-1-3/h1-2,4,8,13-14H,3,5-7H2;3H,1-2H3;1H,(H2,2,3). The third-order valence-electron chi connectivity index (χ3n) is 3.79. The molecule has 0 spiro atoms. The molecular formula is C18H24N4OS. The van der Waals surface area contributed by atoms with Crippen LogP contribution in [0.4, 0.5) is 0 Å². The Labute approximate surface area is 146 Å². The fourth-order valence-corrected chi connectivity index (χ4v) is 3.38. The number of hydrogen-bond acceptors (Lipinski definition) is 4. The van der Waals surface area contributed by atoms with Crippen molar-refractivity contribution in [3.63, 3.8) is 0 Å². The lowest BCUT2D eigenvalue weighted by molar-refractivity contribution is -0.106. The van der Waals surface area contributed by atoms with Crippen LogP contribution in [0.5, 0.6) is 0 Å².